The molecular formula is C23H18FNO. The predicted molar refractivity (Wildman–Crippen MR) is 105 cm³/mol. The Bertz CT molecular complexity index is 1080. The van der Waals surface area contributed by atoms with Crippen LogP contribution in [0.1, 0.15) is 5.56 Å². The third kappa shape index (κ3) is 2.92. The molecule has 4 aromatic rings. The van der Waals surface area contributed by atoms with Gasteiger partial charge in [0.05, 0.1) is 12.2 Å². The first-order valence-corrected chi connectivity index (χ1v) is 8.58. The summed E-state index contributed by atoms with van der Waals surface area (Å²) >= 11 is 0. The number of fused-ring (bicyclic) bond motifs is 2. The van der Waals surface area contributed by atoms with Gasteiger partial charge in [-0.15, -0.1) is 0 Å². The molecule has 0 saturated carbocycles. The molecule has 0 spiro atoms. The largest absolute Gasteiger partial charge is 0.305 e. The molecular weight excluding hydrogens is 325 g/mol. The molecule has 0 N–H and O–H groups in total. The van der Waals surface area contributed by atoms with Crippen LogP contribution >= 0.6 is 0 Å². The molecule has 0 saturated heterocycles. The van der Waals surface area contributed by atoms with E-state index in [0.29, 0.717) is 6.54 Å². The molecule has 4 aromatic carbocycles. The molecule has 1 amide bonds. The van der Waals surface area contributed by atoms with Gasteiger partial charge in [-0.05, 0) is 27.8 Å². The van der Waals surface area contributed by atoms with Crippen molar-refractivity contribution in [3.63, 3.8) is 0 Å². The molecule has 0 aromatic heterocycles. The summed E-state index contributed by atoms with van der Waals surface area (Å²) in [6.45, 7) is -0.688. The minimum atomic E-state index is -1.02. The van der Waals surface area contributed by atoms with E-state index in [4.69, 9.17) is 0 Å². The zero-order valence-corrected chi connectivity index (χ0v) is 14.2. The van der Waals surface area contributed by atoms with E-state index in [1.807, 2.05) is 84.9 Å². The maximum atomic E-state index is 13.3. The van der Waals surface area contributed by atoms with Crippen molar-refractivity contribution in [2.75, 3.05) is 11.6 Å². The Morgan fingerprint density at radius 2 is 1.31 bits per heavy atom. The van der Waals surface area contributed by atoms with E-state index in [0.717, 1.165) is 32.8 Å². The normalized spacial score (nSPS) is 11.0. The number of halogens is 1. The topological polar surface area (TPSA) is 20.3 Å². The van der Waals surface area contributed by atoms with Crippen molar-refractivity contribution in [3.8, 4) is 0 Å². The highest BCUT2D eigenvalue weighted by Crippen LogP contribution is 2.29. The summed E-state index contributed by atoms with van der Waals surface area (Å²) in [5, 5.41) is 4.15. The molecule has 0 radical (unpaired) electrons. The van der Waals surface area contributed by atoms with Crippen LogP contribution in [0.5, 0.6) is 0 Å². The summed E-state index contributed by atoms with van der Waals surface area (Å²) in [7, 11) is 0. The SMILES string of the molecule is O=C(CF)N(Cc1cccc2ccccc12)c1cccc2ccccc12. The van der Waals surface area contributed by atoms with Gasteiger partial charge in [-0.3, -0.25) is 4.79 Å². The first-order valence-electron chi connectivity index (χ1n) is 8.58. The van der Waals surface area contributed by atoms with Crippen LogP contribution in [0, 0.1) is 0 Å². The van der Waals surface area contributed by atoms with Gasteiger partial charge in [-0.2, -0.15) is 0 Å². The highest BCUT2D eigenvalue weighted by molar-refractivity contribution is 6.04. The minimum Gasteiger partial charge on any atom is -0.305 e. The number of carbonyl (C=O) groups excluding carboxylic acids is 1. The number of amides is 1. The summed E-state index contributed by atoms with van der Waals surface area (Å²) < 4.78 is 13.3. The molecule has 0 heterocycles. The van der Waals surface area contributed by atoms with E-state index < -0.39 is 12.6 Å². The lowest BCUT2D eigenvalue weighted by atomic mass is 10.0. The minimum absolute atomic E-state index is 0.331. The van der Waals surface area contributed by atoms with Gasteiger partial charge >= 0.3 is 0 Å². The summed E-state index contributed by atoms with van der Waals surface area (Å²) in [6, 6.07) is 27.7. The molecule has 26 heavy (non-hydrogen) atoms. The van der Waals surface area contributed by atoms with E-state index in [2.05, 4.69) is 0 Å². The molecule has 2 nitrogen and oxygen atoms in total. The van der Waals surface area contributed by atoms with Crippen molar-refractivity contribution in [2.24, 2.45) is 0 Å². The molecule has 0 aliphatic rings. The van der Waals surface area contributed by atoms with Crippen molar-refractivity contribution in [3.05, 3.63) is 90.5 Å². The van der Waals surface area contributed by atoms with Crippen LogP contribution in [-0.2, 0) is 11.3 Å². The highest BCUT2D eigenvalue weighted by atomic mass is 19.1. The second-order valence-electron chi connectivity index (χ2n) is 6.25. The van der Waals surface area contributed by atoms with Gasteiger partial charge in [0.1, 0.15) is 0 Å². The fraction of sp³-hybridized carbons (Fsp3) is 0.0870. The quantitative estimate of drug-likeness (QED) is 0.479. The number of alkyl halides is 1. The number of benzene rings is 4. The Balaban J connectivity index is 1.84. The van der Waals surface area contributed by atoms with Crippen molar-refractivity contribution < 1.29 is 9.18 Å². The van der Waals surface area contributed by atoms with Gasteiger partial charge in [0.15, 0.2) is 6.67 Å². The summed E-state index contributed by atoms with van der Waals surface area (Å²) in [5.74, 6) is -0.533. The molecule has 0 bridgehead atoms. The number of hydrogen-bond donors (Lipinski definition) is 0. The Kier molecular flexibility index (Phi) is 4.36. The fourth-order valence-corrected chi connectivity index (χ4v) is 3.42. The van der Waals surface area contributed by atoms with Crippen LogP contribution in [0.4, 0.5) is 10.1 Å². The van der Waals surface area contributed by atoms with E-state index in [1.54, 1.807) is 4.90 Å². The van der Waals surface area contributed by atoms with E-state index in [-0.39, 0.29) is 0 Å². The zero-order chi connectivity index (χ0) is 17.9. The van der Waals surface area contributed by atoms with Crippen LogP contribution in [0.15, 0.2) is 84.9 Å². The molecule has 4 rings (SSSR count). The summed E-state index contributed by atoms with van der Waals surface area (Å²) in [5.41, 5.74) is 1.73. The number of nitrogens with zero attached hydrogens (tertiary/aromatic N) is 1. The maximum absolute atomic E-state index is 13.3. The third-order valence-corrected chi connectivity index (χ3v) is 4.68. The van der Waals surface area contributed by atoms with Gasteiger partial charge in [0, 0.05) is 5.39 Å². The smallest absolute Gasteiger partial charge is 0.258 e. The number of rotatable bonds is 4. The summed E-state index contributed by atoms with van der Waals surface area (Å²) in [6.07, 6.45) is 0. The molecule has 0 unspecified atom stereocenters. The number of hydrogen-bond acceptors (Lipinski definition) is 1. The Labute approximate surface area is 151 Å². The monoisotopic (exact) mass is 343 g/mol. The highest BCUT2D eigenvalue weighted by Gasteiger charge is 2.19. The van der Waals surface area contributed by atoms with Gasteiger partial charge in [0.25, 0.3) is 5.91 Å². The maximum Gasteiger partial charge on any atom is 0.258 e. The number of carbonyl (C=O) groups is 1. The van der Waals surface area contributed by atoms with Crippen LogP contribution in [0.3, 0.4) is 0 Å². The molecule has 0 atom stereocenters. The van der Waals surface area contributed by atoms with Crippen molar-refractivity contribution in [1.29, 1.82) is 0 Å². The zero-order valence-electron chi connectivity index (χ0n) is 14.2. The molecule has 0 aliphatic heterocycles. The van der Waals surface area contributed by atoms with Gasteiger partial charge < -0.3 is 4.90 Å². The summed E-state index contributed by atoms with van der Waals surface area (Å²) in [4.78, 5) is 14.0. The second kappa shape index (κ2) is 6.96. The molecule has 0 aliphatic carbocycles. The van der Waals surface area contributed by atoms with Gasteiger partial charge in [-0.25, -0.2) is 4.39 Å². The third-order valence-electron chi connectivity index (χ3n) is 4.68. The Morgan fingerprint density at radius 1 is 0.731 bits per heavy atom. The van der Waals surface area contributed by atoms with Crippen molar-refractivity contribution in [1.82, 2.24) is 0 Å². The molecule has 3 heteroatoms. The van der Waals surface area contributed by atoms with Crippen molar-refractivity contribution >= 4 is 33.1 Å². The standard InChI is InChI=1S/C23H18FNO/c24-15-23(26)25(22-14-6-10-18-8-2-4-13-21(18)22)16-19-11-5-9-17-7-1-3-12-20(17)19/h1-14H,15-16H2. The lowest BCUT2D eigenvalue weighted by Gasteiger charge is -2.24. The molecule has 0 fully saturated rings. The van der Waals surface area contributed by atoms with E-state index in [9.17, 15) is 9.18 Å². The predicted octanol–water partition coefficient (Wildman–Crippen LogP) is 5.50. The first-order chi connectivity index (χ1) is 12.8. The van der Waals surface area contributed by atoms with Crippen LogP contribution < -0.4 is 4.90 Å². The lowest BCUT2D eigenvalue weighted by Crippen LogP contribution is -2.31. The average molecular weight is 343 g/mol. The van der Waals surface area contributed by atoms with E-state index in [1.165, 1.54) is 0 Å². The number of anilines is 1. The lowest BCUT2D eigenvalue weighted by molar-refractivity contribution is -0.119. The van der Waals surface area contributed by atoms with Crippen LogP contribution in [0.25, 0.3) is 21.5 Å². The van der Waals surface area contributed by atoms with Crippen molar-refractivity contribution in [2.45, 2.75) is 6.54 Å². The van der Waals surface area contributed by atoms with Crippen LogP contribution in [0.2, 0.25) is 0 Å². The Morgan fingerprint density at radius 3 is 2.04 bits per heavy atom. The Hall–Kier alpha value is -3.20. The molecule has 128 valence electrons. The van der Waals surface area contributed by atoms with Gasteiger partial charge in [-0.1, -0.05) is 78.9 Å². The fourth-order valence-electron chi connectivity index (χ4n) is 3.42. The van der Waals surface area contributed by atoms with E-state index >= 15 is 0 Å². The second-order valence-corrected chi connectivity index (χ2v) is 6.25. The van der Waals surface area contributed by atoms with Gasteiger partial charge in [0.2, 0.25) is 0 Å². The first kappa shape index (κ1) is 16.3. The average Bonchev–Trinajstić information content (AvgIpc) is 2.71. The van der Waals surface area contributed by atoms with Crippen LogP contribution in [-0.4, -0.2) is 12.6 Å².